The van der Waals surface area contributed by atoms with E-state index < -0.39 is 0 Å². The number of nitrogens with zero attached hydrogens (tertiary/aromatic N) is 4. The molecule has 0 radical (unpaired) electrons. The van der Waals surface area contributed by atoms with Crippen LogP contribution in [-0.4, -0.2) is 41.3 Å². The van der Waals surface area contributed by atoms with E-state index in [1.54, 1.807) is 17.7 Å². The van der Waals surface area contributed by atoms with Gasteiger partial charge in [-0.2, -0.15) is 0 Å². The summed E-state index contributed by atoms with van der Waals surface area (Å²) in [6, 6.07) is 4.32. The normalized spacial score (nSPS) is 18.0. The van der Waals surface area contributed by atoms with Gasteiger partial charge in [0, 0.05) is 26.2 Å². The van der Waals surface area contributed by atoms with Crippen molar-refractivity contribution in [2.75, 3.05) is 30.0 Å². The van der Waals surface area contributed by atoms with Crippen molar-refractivity contribution >= 4 is 38.9 Å². The van der Waals surface area contributed by atoms with Crippen LogP contribution < -0.4 is 9.80 Å². The lowest BCUT2D eigenvalue weighted by Crippen LogP contribution is -2.33. The quantitative estimate of drug-likeness (QED) is 0.861. The molecule has 5 nitrogen and oxygen atoms in total. The van der Waals surface area contributed by atoms with Gasteiger partial charge in [-0.3, -0.25) is 0 Å². The van der Waals surface area contributed by atoms with Gasteiger partial charge in [0.15, 0.2) is 0 Å². The highest BCUT2D eigenvalue weighted by Crippen LogP contribution is 2.27. The summed E-state index contributed by atoms with van der Waals surface area (Å²) in [4.78, 5) is 13.1. The molecule has 0 bridgehead atoms. The highest BCUT2D eigenvalue weighted by Gasteiger charge is 2.25. The summed E-state index contributed by atoms with van der Waals surface area (Å²) in [6.07, 6.45) is 3.73. The zero-order valence-corrected chi connectivity index (χ0v) is 14.8. The molecule has 7 heteroatoms. The number of aromatic nitrogens is 2. The molecule has 0 amide bonds. The Kier molecular flexibility index (Phi) is 4.95. The van der Waals surface area contributed by atoms with Crippen molar-refractivity contribution in [1.82, 2.24) is 9.97 Å². The van der Waals surface area contributed by atoms with Crippen LogP contribution in [-0.2, 0) is 6.54 Å². The molecular formula is C15H19BrN4OS. The third-order valence-corrected chi connectivity index (χ3v) is 5.51. The summed E-state index contributed by atoms with van der Waals surface area (Å²) < 4.78 is 1.14. The first kappa shape index (κ1) is 15.7. The van der Waals surface area contributed by atoms with Gasteiger partial charge in [0.25, 0.3) is 0 Å². The molecule has 3 heterocycles. The van der Waals surface area contributed by atoms with Crippen molar-refractivity contribution < 1.29 is 5.11 Å². The van der Waals surface area contributed by atoms with Gasteiger partial charge in [-0.15, -0.1) is 11.3 Å². The van der Waals surface area contributed by atoms with E-state index >= 15 is 0 Å². The first-order valence-electron chi connectivity index (χ1n) is 7.31. The molecule has 2 aromatic heterocycles. The number of aliphatic hydroxyl groups is 1. The van der Waals surface area contributed by atoms with E-state index in [0.29, 0.717) is 0 Å². The Bertz CT molecular complexity index is 636. The van der Waals surface area contributed by atoms with E-state index in [9.17, 15) is 5.11 Å². The lowest BCUT2D eigenvalue weighted by molar-refractivity contribution is 0.266. The second-order valence-electron chi connectivity index (χ2n) is 5.52. The number of halogens is 1. The van der Waals surface area contributed by atoms with E-state index in [1.807, 2.05) is 13.1 Å². The van der Waals surface area contributed by atoms with Crippen molar-refractivity contribution in [2.24, 2.45) is 0 Å². The van der Waals surface area contributed by atoms with E-state index in [4.69, 9.17) is 0 Å². The molecule has 1 atom stereocenters. The molecule has 0 spiro atoms. The van der Waals surface area contributed by atoms with Crippen LogP contribution in [0.1, 0.15) is 18.4 Å². The van der Waals surface area contributed by atoms with Gasteiger partial charge >= 0.3 is 0 Å². The fourth-order valence-electron chi connectivity index (χ4n) is 2.81. The smallest absolute Gasteiger partial charge is 0.134 e. The molecule has 1 unspecified atom stereocenters. The molecule has 0 aromatic carbocycles. The Labute approximate surface area is 142 Å². The van der Waals surface area contributed by atoms with Crippen molar-refractivity contribution in [2.45, 2.75) is 25.4 Å². The van der Waals surface area contributed by atoms with Crippen LogP contribution >= 0.6 is 27.3 Å². The molecule has 1 aliphatic rings. The van der Waals surface area contributed by atoms with E-state index in [1.165, 1.54) is 5.56 Å². The maximum atomic E-state index is 9.47. The molecule has 1 N–H and O–H groups in total. The molecule has 2 aromatic rings. The molecule has 1 fully saturated rings. The van der Waals surface area contributed by atoms with Gasteiger partial charge in [0.1, 0.15) is 18.0 Å². The molecular weight excluding hydrogens is 364 g/mol. The van der Waals surface area contributed by atoms with Crippen molar-refractivity contribution in [3.8, 4) is 0 Å². The summed E-state index contributed by atoms with van der Waals surface area (Å²) >= 11 is 5.18. The van der Waals surface area contributed by atoms with Crippen LogP contribution in [0.2, 0.25) is 0 Å². The average molecular weight is 383 g/mol. The summed E-state index contributed by atoms with van der Waals surface area (Å²) in [7, 11) is 2.03. The maximum absolute atomic E-state index is 9.47. The number of anilines is 2. The van der Waals surface area contributed by atoms with Crippen LogP contribution in [0, 0.1) is 0 Å². The monoisotopic (exact) mass is 382 g/mol. The second kappa shape index (κ2) is 6.93. The molecule has 118 valence electrons. The highest BCUT2D eigenvalue weighted by molar-refractivity contribution is 9.11. The number of rotatable bonds is 5. The maximum Gasteiger partial charge on any atom is 0.134 e. The molecule has 1 saturated heterocycles. The predicted molar refractivity (Wildman–Crippen MR) is 93.6 cm³/mol. The van der Waals surface area contributed by atoms with Gasteiger partial charge in [0.05, 0.1) is 16.4 Å². The molecule has 0 aliphatic carbocycles. The van der Waals surface area contributed by atoms with E-state index in [-0.39, 0.29) is 12.6 Å². The van der Waals surface area contributed by atoms with Crippen molar-refractivity contribution in [1.29, 1.82) is 0 Å². The first-order chi connectivity index (χ1) is 10.7. The van der Waals surface area contributed by atoms with Crippen LogP contribution in [0.25, 0.3) is 0 Å². The highest BCUT2D eigenvalue weighted by atomic mass is 79.9. The Balaban J connectivity index is 1.75. The third kappa shape index (κ3) is 3.42. The minimum absolute atomic E-state index is 0.179. The summed E-state index contributed by atoms with van der Waals surface area (Å²) in [5, 5.41) is 11.6. The second-order valence-corrected chi connectivity index (χ2v) is 7.81. The van der Waals surface area contributed by atoms with Crippen molar-refractivity contribution in [3.05, 3.63) is 33.2 Å². The summed E-state index contributed by atoms with van der Waals surface area (Å²) in [5.74, 6) is 1.80. The topological polar surface area (TPSA) is 52.5 Å². The minimum atomic E-state index is 0.179. The van der Waals surface area contributed by atoms with Crippen LogP contribution in [0.3, 0.4) is 0 Å². The Morgan fingerprint density at radius 3 is 3.05 bits per heavy atom. The Morgan fingerprint density at radius 2 is 2.32 bits per heavy atom. The lowest BCUT2D eigenvalue weighted by atomic mass is 10.2. The number of thiophene rings is 1. The average Bonchev–Trinajstić information content (AvgIpc) is 3.16. The Morgan fingerprint density at radius 1 is 1.45 bits per heavy atom. The molecule has 0 saturated carbocycles. The molecule has 3 rings (SSSR count). The van der Waals surface area contributed by atoms with Gasteiger partial charge in [-0.25, -0.2) is 9.97 Å². The SMILES string of the molecule is CN(Cc1csc(Br)c1)c1cc(N2CCCC2CO)ncn1. The minimum Gasteiger partial charge on any atom is -0.394 e. The van der Waals surface area contributed by atoms with Crippen LogP contribution in [0.5, 0.6) is 0 Å². The zero-order chi connectivity index (χ0) is 15.5. The van der Waals surface area contributed by atoms with Gasteiger partial charge in [0.2, 0.25) is 0 Å². The first-order valence-corrected chi connectivity index (χ1v) is 8.98. The fourth-order valence-corrected chi connectivity index (χ4v) is 4.01. The largest absolute Gasteiger partial charge is 0.394 e. The number of aliphatic hydroxyl groups excluding tert-OH is 1. The number of hydrogen-bond acceptors (Lipinski definition) is 6. The molecule has 1 aliphatic heterocycles. The Hall–Kier alpha value is -1.18. The fraction of sp³-hybridized carbons (Fsp3) is 0.467. The van der Waals surface area contributed by atoms with Crippen LogP contribution in [0.15, 0.2) is 27.6 Å². The van der Waals surface area contributed by atoms with Gasteiger partial charge < -0.3 is 14.9 Å². The summed E-state index contributed by atoms with van der Waals surface area (Å²) in [6.45, 7) is 1.93. The zero-order valence-electron chi connectivity index (χ0n) is 12.4. The van der Waals surface area contributed by atoms with Gasteiger partial charge in [-0.05, 0) is 45.8 Å². The van der Waals surface area contributed by atoms with Gasteiger partial charge in [-0.1, -0.05) is 0 Å². The third-order valence-electron chi connectivity index (χ3n) is 3.95. The standard InChI is InChI=1S/C15H19BrN4OS/c1-19(7-11-5-13(16)22-9-11)14-6-15(18-10-17-14)20-4-2-3-12(20)8-21/h5-6,9-10,12,21H,2-4,7-8H2,1H3. The predicted octanol–water partition coefficient (Wildman–Crippen LogP) is 2.90. The molecule has 22 heavy (non-hydrogen) atoms. The number of hydrogen-bond donors (Lipinski definition) is 1. The van der Waals surface area contributed by atoms with E-state index in [2.05, 4.69) is 47.1 Å². The van der Waals surface area contributed by atoms with Crippen molar-refractivity contribution in [3.63, 3.8) is 0 Å². The summed E-state index contributed by atoms with van der Waals surface area (Å²) in [5.41, 5.74) is 1.26. The van der Waals surface area contributed by atoms with Crippen LogP contribution in [0.4, 0.5) is 11.6 Å². The lowest BCUT2D eigenvalue weighted by Gasteiger charge is -2.25. The van der Waals surface area contributed by atoms with E-state index in [0.717, 1.165) is 41.4 Å².